The van der Waals surface area contributed by atoms with Crippen molar-refractivity contribution in [1.29, 1.82) is 0 Å². The predicted octanol–water partition coefficient (Wildman–Crippen LogP) is 2.38. The lowest BCUT2D eigenvalue weighted by molar-refractivity contribution is -0.126. The summed E-state index contributed by atoms with van der Waals surface area (Å²) in [5, 5.41) is 6.86. The Labute approximate surface area is 125 Å². The van der Waals surface area contributed by atoms with Crippen LogP contribution in [0.15, 0.2) is 24.3 Å². The van der Waals surface area contributed by atoms with Gasteiger partial charge in [0.1, 0.15) is 0 Å². The van der Waals surface area contributed by atoms with E-state index in [1.54, 1.807) is 0 Å². The summed E-state index contributed by atoms with van der Waals surface area (Å²) in [6, 6.07) is 7.79. The first-order chi connectivity index (χ1) is 8.50. The third-order valence-electron chi connectivity index (χ3n) is 3.46. The Morgan fingerprint density at radius 3 is 2.58 bits per heavy atom. The lowest BCUT2D eigenvalue weighted by Gasteiger charge is -2.30. The van der Waals surface area contributed by atoms with Crippen LogP contribution in [0.25, 0.3) is 0 Å². The van der Waals surface area contributed by atoms with Crippen LogP contribution in [-0.2, 0) is 10.2 Å². The van der Waals surface area contributed by atoms with E-state index in [2.05, 4.69) is 24.5 Å². The highest BCUT2D eigenvalue weighted by Gasteiger charge is 2.28. The minimum Gasteiger partial charge on any atom is -0.355 e. The summed E-state index contributed by atoms with van der Waals surface area (Å²) in [5.41, 5.74) is 0.907. The molecule has 106 valence electrons. The highest BCUT2D eigenvalue weighted by atomic mass is 35.5. The number of nitrogens with one attached hydrogen (secondary N) is 2. The maximum absolute atomic E-state index is 11.8. The van der Waals surface area contributed by atoms with Crippen molar-refractivity contribution in [2.75, 3.05) is 19.6 Å². The fourth-order valence-corrected chi connectivity index (χ4v) is 2.42. The Morgan fingerprint density at radius 1 is 1.42 bits per heavy atom. The molecule has 5 heteroatoms. The minimum absolute atomic E-state index is 0. The second-order valence-corrected chi connectivity index (χ2v) is 5.84. The number of rotatable bonds is 4. The molecule has 0 atom stereocenters. The highest BCUT2D eigenvalue weighted by Crippen LogP contribution is 2.29. The van der Waals surface area contributed by atoms with E-state index in [1.807, 2.05) is 24.3 Å². The minimum atomic E-state index is -0.162. The van der Waals surface area contributed by atoms with E-state index >= 15 is 0 Å². The molecule has 0 aromatic heterocycles. The molecule has 2 rings (SSSR count). The molecule has 3 nitrogen and oxygen atoms in total. The molecule has 0 unspecified atom stereocenters. The van der Waals surface area contributed by atoms with Gasteiger partial charge in [0.15, 0.2) is 0 Å². The predicted molar refractivity (Wildman–Crippen MR) is 81.1 cm³/mol. The van der Waals surface area contributed by atoms with Gasteiger partial charge >= 0.3 is 0 Å². The summed E-state index contributed by atoms with van der Waals surface area (Å²) >= 11 is 6.20. The Hall–Kier alpha value is -0.770. The van der Waals surface area contributed by atoms with E-state index in [1.165, 1.54) is 0 Å². The number of benzene rings is 1. The largest absolute Gasteiger partial charge is 0.355 e. The molecule has 1 amide bonds. The molecular weight excluding hydrogens is 283 g/mol. The molecule has 1 aromatic rings. The molecule has 1 fully saturated rings. The molecule has 0 radical (unpaired) electrons. The van der Waals surface area contributed by atoms with Crippen molar-refractivity contribution in [3.8, 4) is 0 Å². The van der Waals surface area contributed by atoms with E-state index in [9.17, 15) is 4.79 Å². The van der Waals surface area contributed by atoms with Crippen molar-refractivity contribution in [2.45, 2.75) is 19.3 Å². The van der Waals surface area contributed by atoms with Crippen molar-refractivity contribution < 1.29 is 4.79 Å². The molecule has 0 saturated carbocycles. The highest BCUT2D eigenvalue weighted by molar-refractivity contribution is 6.31. The summed E-state index contributed by atoms with van der Waals surface area (Å²) < 4.78 is 0. The Balaban J connectivity index is 0.00000180. The summed E-state index contributed by atoms with van der Waals surface area (Å²) in [6.07, 6.45) is 0. The average molecular weight is 303 g/mol. The number of halogens is 2. The van der Waals surface area contributed by atoms with E-state index in [0.29, 0.717) is 6.54 Å². The first kappa shape index (κ1) is 16.3. The molecule has 1 heterocycles. The molecule has 0 aliphatic carbocycles. The first-order valence-corrected chi connectivity index (χ1v) is 6.62. The molecule has 19 heavy (non-hydrogen) atoms. The monoisotopic (exact) mass is 302 g/mol. The van der Waals surface area contributed by atoms with Gasteiger partial charge in [-0.1, -0.05) is 43.6 Å². The van der Waals surface area contributed by atoms with Gasteiger partial charge in [-0.2, -0.15) is 0 Å². The Kier molecular flexibility index (Phi) is 5.65. The van der Waals surface area contributed by atoms with Crippen LogP contribution < -0.4 is 10.6 Å². The van der Waals surface area contributed by atoms with Crippen LogP contribution in [0.2, 0.25) is 5.02 Å². The van der Waals surface area contributed by atoms with Crippen LogP contribution in [0.5, 0.6) is 0 Å². The normalized spacial score (nSPS) is 15.3. The van der Waals surface area contributed by atoms with Gasteiger partial charge < -0.3 is 10.6 Å². The second-order valence-electron chi connectivity index (χ2n) is 5.44. The van der Waals surface area contributed by atoms with E-state index in [4.69, 9.17) is 11.6 Å². The smallest absolute Gasteiger partial charge is 0.225 e. The average Bonchev–Trinajstić information content (AvgIpc) is 2.24. The van der Waals surface area contributed by atoms with Gasteiger partial charge in [0.05, 0.1) is 5.92 Å². The maximum atomic E-state index is 11.8. The van der Waals surface area contributed by atoms with Crippen LogP contribution in [0.3, 0.4) is 0 Å². The van der Waals surface area contributed by atoms with Crippen molar-refractivity contribution >= 4 is 29.9 Å². The van der Waals surface area contributed by atoms with Crippen molar-refractivity contribution in [2.24, 2.45) is 5.92 Å². The van der Waals surface area contributed by atoms with Gasteiger partial charge in [0.2, 0.25) is 5.91 Å². The zero-order valence-electron chi connectivity index (χ0n) is 11.2. The van der Waals surface area contributed by atoms with Gasteiger partial charge in [-0.3, -0.25) is 4.79 Å². The van der Waals surface area contributed by atoms with Crippen LogP contribution in [0.1, 0.15) is 19.4 Å². The lowest BCUT2D eigenvalue weighted by atomic mass is 9.84. The van der Waals surface area contributed by atoms with Crippen molar-refractivity contribution in [3.05, 3.63) is 34.9 Å². The zero-order valence-corrected chi connectivity index (χ0v) is 12.8. The Morgan fingerprint density at radius 2 is 2.05 bits per heavy atom. The third kappa shape index (κ3) is 3.85. The van der Waals surface area contributed by atoms with Gasteiger partial charge in [-0.15, -0.1) is 12.4 Å². The number of hydrogen-bond donors (Lipinski definition) is 2. The fraction of sp³-hybridized carbons (Fsp3) is 0.500. The van der Waals surface area contributed by atoms with Crippen LogP contribution >= 0.6 is 24.0 Å². The maximum Gasteiger partial charge on any atom is 0.225 e. The van der Waals surface area contributed by atoms with Crippen LogP contribution in [0.4, 0.5) is 0 Å². The lowest BCUT2D eigenvalue weighted by Crippen LogP contribution is -2.52. The van der Waals surface area contributed by atoms with E-state index in [-0.39, 0.29) is 29.6 Å². The van der Waals surface area contributed by atoms with Gasteiger partial charge in [0.25, 0.3) is 0 Å². The summed E-state index contributed by atoms with van der Waals surface area (Å²) in [5.74, 6) is 0.265. The van der Waals surface area contributed by atoms with E-state index in [0.717, 1.165) is 23.7 Å². The quantitative estimate of drug-likeness (QED) is 0.896. The van der Waals surface area contributed by atoms with Gasteiger partial charge in [-0.05, 0) is 11.6 Å². The molecule has 0 bridgehead atoms. The summed E-state index contributed by atoms with van der Waals surface area (Å²) in [4.78, 5) is 11.8. The number of amides is 1. The Bertz CT molecular complexity index is 445. The number of carbonyl (C=O) groups excluding carboxylic acids is 1. The van der Waals surface area contributed by atoms with Gasteiger partial charge in [0, 0.05) is 30.1 Å². The standard InChI is InChI=1S/C14H19ClN2O.ClH/c1-14(2,11-5-3-4-6-12(11)15)9-17-13(18)10-7-16-8-10;/h3-6,10,16H,7-9H2,1-2H3,(H,17,18);1H. The zero-order chi connectivity index (χ0) is 13.2. The molecule has 0 spiro atoms. The molecule has 1 saturated heterocycles. The molecule has 1 aliphatic heterocycles. The number of hydrogen-bond acceptors (Lipinski definition) is 2. The van der Waals surface area contributed by atoms with Crippen LogP contribution in [0, 0.1) is 5.92 Å². The molecule has 2 N–H and O–H groups in total. The fourth-order valence-electron chi connectivity index (χ4n) is 2.03. The summed E-state index contributed by atoms with van der Waals surface area (Å²) in [7, 11) is 0. The van der Waals surface area contributed by atoms with Crippen molar-refractivity contribution in [1.82, 2.24) is 10.6 Å². The molecule has 1 aliphatic rings. The third-order valence-corrected chi connectivity index (χ3v) is 3.79. The topological polar surface area (TPSA) is 41.1 Å². The number of carbonyl (C=O) groups is 1. The molecule has 1 aromatic carbocycles. The SMILES string of the molecule is CC(C)(CNC(=O)C1CNC1)c1ccccc1Cl.Cl. The first-order valence-electron chi connectivity index (χ1n) is 6.24. The van der Waals surface area contributed by atoms with Gasteiger partial charge in [-0.25, -0.2) is 0 Å². The van der Waals surface area contributed by atoms with Crippen LogP contribution in [-0.4, -0.2) is 25.5 Å². The molecular formula is C14H20Cl2N2O. The van der Waals surface area contributed by atoms with Crippen molar-refractivity contribution in [3.63, 3.8) is 0 Å². The van der Waals surface area contributed by atoms with E-state index < -0.39 is 0 Å². The second kappa shape index (κ2) is 6.60. The summed E-state index contributed by atoms with van der Waals surface area (Å²) in [6.45, 7) is 6.36.